The minimum Gasteiger partial charge on any atom is -0.316 e. The molecule has 4 heteroatoms. The Labute approximate surface area is 102 Å². The van der Waals surface area contributed by atoms with Gasteiger partial charge in [-0.2, -0.15) is 0 Å². The van der Waals surface area contributed by atoms with Crippen LogP contribution in [0.25, 0.3) is 0 Å². The van der Waals surface area contributed by atoms with Crippen molar-refractivity contribution in [2.24, 2.45) is 11.8 Å². The van der Waals surface area contributed by atoms with Gasteiger partial charge in [0.1, 0.15) is 5.01 Å². The number of thiazole rings is 1. The second-order valence-electron chi connectivity index (χ2n) is 5.24. The van der Waals surface area contributed by atoms with Crippen molar-refractivity contribution in [2.75, 3.05) is 19.6 Å². The smallest absolute Gasteiger partial charge is 0.112 e. The highest BCUT2D eigenvalue weighted by molar-refractivity contribution is 7.09. The van der Waals surface area contributed by atoms with Crippen LogP contribution in [0.2, 0.25) is 0 Å². The van der Waals surface area contributed by atoms with E-state index in [-0.39, 0.29) is 5.54 Å². The van der Waals surface area contributed by atoms with Crippen molar-refractivity contribution in [3.8, 4) is 0 Å². The van der Waals surface area contributed by atoms with Crippen LogP contribution in [0.5, 0.6) is 0 Å². The standard InChI is InChI=1S/C12H21N3S/c1-9-6-13-7-10(9)8-15-12(2,3)11-14-4-5-16-11/h4-5,9-10,13,15H,6-8H2,1-3H3/t9-,10+/m1/s1. The summed E-state index contributed by atoms with van der Waals surface area (Å²) in [4.78, 5) is 4.39. The van der Waals surface area contributed by atoms with Crippen molar-refractivity contribution >= 4 is 11.3 Å². The van der Waals surface area contributed by atoms with E-state index in [0.717, 1.165) is 31.5 Å². The molecule has 1 fully saturated rings. The molecule has 0 bridgehead atoms. The number of hydrogen-bond acceptors (Lipinski definition) is 4. The third-order valence-corrected chi connectivity index (χ3v) is 4.55. The summed E-state index contributed by atoms with van der Waals surface area (Å²) in [6.45, 7) is 10.1. The lowest BCUT2D eigenvalue weighted by Crippen LogP contribution is -2.40. The molecule has 0 aromatic carbocycles. The van der Waals surface area contributed by atoms with E-state index in [2.05, 4.69) is 36.4 Å². The van der Waals surface area contributed by atoms with Gasteiger partial charge in [-0.05, 0) is 38.8 Å². The zero-order chi connectivity index (χ0) is 11.6. The number of hydrogen-bond donors (Lipinski definition) is 2. The van der Waals surface area contributed by atoms with E-state index in [4.69, 9.17) is 0 Å². The summed E-state index contributed by atoms with van der Waals surface area (Å²) in [5.41, 5.74) is -0.00350. The number of nitrogens with one attached hydrogen (secondary N) is 2. The first-order valence-corrected chi connectivity index (χ1v) is 6.83. The molecular weight excluding hydrogens is 218 g/mol. The highest BCUT2D eigenvalue weighted by atomic mass is 32.1. The molecule has 0 radical (unpaired) electrons. The fourth-order valence-corrected chi connectivity index (χ4v) is 2.87. The molecule has 90 valence electrons. The van der Waals surface area contributed by atoms with Crippen molar-refractivity contribution in [3.63, 3.8) is 0 Å². The van der Waals surface area contributed by atoms with E-state index in [9.17, 15) is 0 Å². The summed E-state index contributed by atoms with van der Waals surface area (Å²) < 4.78 is 0. The van der Waals surface area contributed by atoms with Crippen LogP contribution < -0.4 is 10.6 Å². The lowest BCUT2D eigenvalue weighted by Gasteiger charge is -2.27. The summed E-state index contributed by atoms with van der Waals surface area (Å²) in [6, 6.07) is 0. The molecule has 0 spiro atoms. The first kappa shape index (κ1) is 12.0. The Morgan fingerprint density at radius 1 is 1.56 bits per heavy atom. The van der Waals surface area contributed by atoms with Crippen LogP contribution in [0.1, 0.15) is 25.8 Å². The van der Waals surface area contributed by atoms with Crippen molar-refractivity contribution in [1.29, 1.82) is 0 Å². The van der Waals surface area contributed by atoms with Gasteiger partial charge >= 0.3 is 0 Å². The number of nitrogens with zero attached hydrogens (tertiary/aromatic N) is 1. The van der Waals surface area contributed by atoms with Gasteiger partial charge in [0.15, 0.2) is 0 Å². The van der Waals surface area contributed by atoms with Gasteiger partial charge in [0.25, 0.3) is 0 Å². The molecule has 0 aliphatic carbocycles. The van der Waals surface area contributed by atoms with Gasteiger partial charge in [0, 0.05) is 18.1 Å². The van der Waals surface area contributed by atoms with Crippen LogP contribution in [0, 0.1) is 11.8 Å². The summed E-state index contributed by atoms with van der Waals surface area (Å²) >= 11 is 1.72. The van der Waals surface area contributed by atoms with Crippen LogP contribution in [0.3, 0.4) is 0 Å². The predicted octanol–water partition coefficient (Wildman–Crippen LogP) is 1.82. The van der Waals surface area contributed by atoms with Gasteiger partial charge < -0.3 is 10.6 Å². The minimum absolute atomic E-state index is 0.00350. The summed E-state index contributed by atoms with van der Waals surface area (Å²) in [5.74, 6) is 1.53. The summed E-state index contributed by atoms with van der Waals surface area (Å²) in [6.07, 6.45) is 1.88. The molecular formula is C12H21N3S. The van der Waals surface area contributed by atoms with Crippen LogP contribution in [-0.4, -0.2) is 24.6 Å². The highest BCUT2D eigenvalue weighted by Gasteiger charge is 2.27. The molecule has 2 heterocycles. The fourth-order valence-electron chi connectivity index (χ4n) is 2.13. The predicted molar refractivity (Wildman–Crippen MR) is 68.7 cm³/mol. The third kappa shape index (κ3) is 2.62. The average Bonchev–Trinajstić information content (AvgIpc) is 2.85. The van der Waals surface area contributed by atoms with Gasteiger partial charge in [-0.25, -0.2) is 4.98 Å². The topological polar surface area (TPSA) is 37.0 Å². The van der Waals surface area contributed by atoms with Crippen molar-refractivity contribution < 1.29 is 0 Å². The maximum atomic E-state index is 4.39. The van der Waals surface area contributed by atoms with E-state index in [1.54, 1.807) is 11.3 Å². The fraction of sp³-hybridized carbons (Fsp3) is 0.750. The molecule has 16 heavy (non-hydrogen) atoms. The van der Waals surface area contributed by atoms with E-state index < -0.39 is 0 Å². The Hall–Kier alpha value is -0.450. The Morgan fingerprint density at radius 3 is 2.94 bits per heavy atom. The number of rotatable bonds is 4. The van der Waals surface area contributed by atoms with Crippen LogP contribution in [-0.2, 0) is 5.54 Å². The molecule has 1 aliphatic heterocycles. The molecule has 0 unspecified atom stereocenters. The second-order valence-corrected chi connectivity index (χ2v) is 6.13. The molecule has 2 atom stereocenters. The van der Waals surface area contributed by atoms with Gasteiger partial charge in [0.2, 0.25) is 0 Å². The van der Waals surface area contributed by atoms with Gasteiger partial charge in [-0.15, -0.1) is 11.3 Å². The zero-order valence-corrected chi connectivity index (χ0v) is 11.1. The summed E-state index contributed by atoms with van der Waals surface area (Å²) in [7, 11) is 0. The monoisotopic (exact) mass is 239 g/mol. The first-order valence-electron chi connectivity index (χ1n) is 5.95. The quantitative estimate of drug-likeness (QED) is 0.841. The van der Waals surface area contributed by atoms with Gasteiger partial charge in [-0.3, -0.25) is 0 Å². The molecule has 2 N–H and O–H groups in total. The van der Waals surface area contributed by atoms with Crippen LogP contribution in [0.15, 0.2) is 11.6 Å². The van der Waals surface area contributed by atoms with Gasteiger partial charge in [0.05, 0.1) is 5.54 Å². The van der Waals surface area contributed by atoms with Crippen molar-refractivity contribution in [2.45, 2.75) is 26.3 Å². The molecule has 2 rings (SSSR count). The number of aromatic nitrogens is 1. The summed E-state index contributed by atoms with van der Waals surface area (Å²) in [5, 5.41) is 10.3. The Balaban J connectivity index is 1.89. The Kier molecular flexibility index (Phi) is 3.62. The first-order chi connectivity index (χ1) is 7.59. The average molecular weight is 239 g/mol. The van der Waals surface area contributed by atoms with Crippen LogP contribution in [0.4, 0.5) is 0 Å². The minimum atomic E-state index is -0.00350. The molecule has 0 amide bonds. The highest BCUT2D eigenvalue weighted by Crippen LogP contribution is 2.23. The SMILES string of the molecule is C[C@@H]1CNC[C@H]1CNC(C)(C)c1nccs1. The van der Waals surface area contributed by atoms with Gasteiger partial charge in [-0.1, -0.05) is 6.92 Å². The molecule has 1 saturated heterocycles. The van der Waals surface area contributed by atoms with E-state index >= 15 is 0 Å². The lowest BCUT2D eigenvalue weighted by atomic mass is 9.96. The molecule has 3 nitrogen and oxygen atoms in total. The van der Waals surface area contributed by atoms with E-state index in [1.807, 2.05) is 11.6 Å². The Bertz CT molecular complexity index is 321. The molecule has 1 aromatic rings. The maximum Gasteiger partial charge on any atom is 0.112 e. The zero-order valence-electron chi connectivity index (χ0n) is 10.3. The maximum absolute atomic E-state index is 4.39. The lowest BCUT2D eigenvalue weighted by molar-refractivity contribution is 0.333. The normalized spacial score (nSPS) is 26.2. The Morgan fingerprint density at radius 2 is 2.38 bits per heavy atom. The van der Waals surface area contributed by atoms with Crippen molar-refractivity contribution in [1.82, 2.24) is 15.6 Å². The third-order valence-electron chi connectivity index (χ3n) is 3.45. The molecule has 1 aliphatic rings. The second kappa shape index (κ2) is 4.82. The van der Waals surface area contributed by atoms with Crippen molar-refractivity contribution in [3.05, 3.63) is 16.6 Å². The molecule has 0 saturated carbocycles. The largest absolute Gasteiger partial charge is 0.316 e. The molecule has 1 aromatic heterocycles. The van der Waals surface area contributed by atoms with E-state index in [0.29, 0.717) is 0 Å². The van der Waals surface area contributed by atoms with E-state index in [1.165, 1.54) is 5.01 Å². The van der Waals surface area contributed by atoms with Crippen LogP contribution >= 0.6 is 11.3 Å².